The van der Waals surface area contributed by atoms with E-state index >= 15 is 0 Å². The molecule has 0 unspecified atom stereocenters. The molecule has 1 aromatic carbocycles. The molecule has 0 saturated heterocycles. The predicted octanol–water partition coefficient (Wildman–Crippen LogP) is 0.957. The molecule has 0 saturated carbocycles. The minimum atomic E-state index is -1.78. The lowest BCUT2D eigenvalue weighted by Crippen LogP contribution is -2.10. The molecule has 5 heteroatoms. The Morgan fingerprint density at radius 1 is 1.00 bits per heavy atom. The van der Waals surface area contributed by atoms with Crippen LogP contribution in [-0.2, 0) is 6.42 Å². The third-order valence-corrected chi connectivity index (χ3v) is 1.49. The van der Waals surface area contributed by atoms with E-state index in [2.05, 4.69) is 0 Å². The first-order valence-electron chi connectivity index (χ1n) is 3.50. The van der Waals surface area contributed by atoms with Gasteiger partial charge in [0.15, 0.2) is 17.9 Å². The van der Waals surface area contributed by atoms with Crippen molar-refractivity contribution in [2.24, 2.45) is 0 Å². The molecule has 0 fully saturated rings. The molecule has 0 bridgehead atoms. The number of rotatable bonds is 2. The summed E-state index contributed by atoms with van der Waals surface area (Å²) in [5.41, 5.74) is -0.270. The molecule has 72 valence electrons. The van der Waals surface area contributed by atoms with Crippen LogP contribution in [0.4, 0.5) is 13.2 Å². The van der Waals surface area contributed by atoms with E-state index in [1.165, 1.54) is 0 Å². The summed E-state index contributed by atoms with van der Waals surface area (Å²) in [4.78, 5) is 0. The van der Waals surface area contributed by atoms with Crippen molar-refractivity contribution in [3.63, 3.8) is 0 Å². The minimum absolute atomic E-state index is 0.270. The summed E-state index contributed by atoms with van der Waals surface area (Å²) < 4.78 is 37.6. The first-order chi connectivity index (χ1) is 6.00. The zero-order valence-corrected chi connectivity index (χ0v) is 6.47. The van der Waals surface area contributed by atoms with Gasteiger partial charge < -0.3 is 10.2 Å². The second-order valence-corrected chi connectivity index (χ2v) is 2.54. The number of halogens is 3. The molecular weight excluding hydrogens is 185 g/mol. The molecule has 2 N–H and O–H groups in total. The zero-order valence-electron chi connectivity index (χ0n) is 6.47. The highest BCUT2D eigenvalue weighted by atomic mass is 19.2. The van der Waals surface area contributed by atoms with Gasteiger partial charge in [-0.15, -0.1) is 0 Å². The third-order valence-electron chi connectivity index (χ3n) is 1.49. The predicted molar refractivity (Wildman–Crippen MR) is 38.2 cm³/mol. The first kappa shape index (κ1) is 10.0. The summed E-state index contributed by atoms with van der Waals surface area (Å²) >= 11 is 0. The van der Waals surface area contributed by atoms with E-state index in [1.54, 1.807) is 0 Å². The number of aliphatic hydroxyl groups excluding tert-OH is 1. The fraction of sp³-hybridized carbons (Fsp3) is 0.250. The number of hydrogen-bond donors (Lipinski definition) is 2. The van der Waals surface area contributed by atoms with Crippen LogP contribution in [-0.4, -0.2) is 16.5 Å². The van der Waals surface area contributed by atoms with Crippen LogP contribution in [0.1, 0.15) is 5.56 Å². The molecule has 2 nitrogen and oxygen atoms in total. The van der Waals surface area contributed by atoms with Gasteiger partial charge in [0.1, 0.15) is 5.82 Å². The molecule has 0 aromatic heterocycles. The molecule has 1 aromatic rings. The van der Waals surface area contributed by atoms with Crippen molar-refractivity contribution >= 4 is 0 Å². The van der Waals surface area contributed by atoms with Gasteiger partial charge in [-0.05, 0) is 11.6 Å². The van der Waals surface area contributed by atoms with E-state index in [0.717, 1.165) is 0 Å². The van der Waals surface area contributed by atoms with Crippen molar-refractivity contribution in [1.29, 1.82) is 0 Å². The van der Waals surface area contributed by atoms with E-state index in [9.17, 15) is 13.2 Å². The maximum absolute atomic E-state index is 12.8. The Morgan fingerprint density at radius 2 is 1.54 bits per heavy atom. The first-order valence-corrected chi connectivity index (χ1v) is 3.50. The Hall–Kier alpha value is -1.07. The molecule has 13 heavy (non-hydrogen) atoms. The van der Waals surface area contributed by atoms with Crippen molar-refractivity contribution in [1.82, 2.24) is 0 Å². The zero-order chi connectivity index (χ0) is 10.0. The van der Waals surface area contributed by atoms with Crippen LogP contribution in [0.5, 0.6) is 0 Å². The van der Waals surface area contributed by atoms with Crippen LogP contribution in [0.3, 0.4) is 0 Å². The van der Waals surface area contributed by atoms with Gasteiger partial charge in [0.2, 0.25) is 0 Å². The summed E-state index contributed by atoms with van der Waals surface area (Å²) in [7, 11) is 0. The maximum atomic E-state index is 12.8. The van der Waals surface area contributed by atoms with Gasteiger partial charge in [0.25, 0.3) is 0 Å². The normalized spacial score (nSPS) is 10.9. The van der Waals surface area contributed by atoms with Gasteiger partial charge in [-0.2, -0.15) is 0 Å². The molecule has 0 heterocycles. The average Bonchev–Trinajstić information content (AvgIpc) is 1.99. The molecular formula is C8H7F3O2. The quantitative estimate of drug-likeness (QED) is 0.541. The van der Waals surface area contributed by atoms with Crippen molar-refractivity contribution in [2.45, 2.75) is 12.7 Å². The smallest absolute Gasteiger partial charge is 0.161 e. The second-order valence-electron chi connectivity index (χ2n) is 2.54. The van der Waals surface area contributed by atoms with Crippen molar-refractivity contribution in [3.8, 4) is 0 Å². The topological polar surface area (TPSA) is 40.5 Å². The van der Waals surface area contributed by atoms with Gasteiger partial charge in [-0.1, -0.05) is 0 Å². The van der Waals surface area contributed by atoms with E-state index < -0.39 is 30.2 Å². The van der Waals surface area contributed by atoms with Crippen molar-refractivity contribution in [2.75, 3.05) is 0 Å². The van der Waals surface area contributed by atoms with Crippen molar-refractivity contribution in [3.05, 3.63) is 35.1 Å². The second kappa shape index (κ2) is 3.76. The van der Waals surface area contributed by atoms with Gasteiger partial charge in [-0.3, -0.25) is 0 Å². The van der Waals surface area contributed by atoms with Crippen LogP contribution in [0, 0.1) is 17.5 Å². The molecule has 0 aliphatic carbocycles. The van der Waals surface area contributed by atoms with E-state index in [-0.39, 0.29) is 5.56 Å². The summed E-state index contributed by atoms with van der Waals surface area (Å²) in [5, 5.41) is 16.9. The monoisotopic (exact) mass is 192 g/mol. The lowest BCUT2D eigenvalue weighted by Gasteiger charge is -2.05. The minimum Gasteiger partial charge on any atom is -0.368 e. The van der Waals surface area contributed by atoms with Crippen LogP contribution >= 0.6 is 0 Å². The van der Waals surface area contributed by atoms with E-state index in [4.69, 9.17) is 10.2 Å². The highest BCUT2D eigenvalue weighted by molar-refractivity contribution is 5.20. The Labute approximate surface area is 72.2 Å². The Kier molecular flexibility index (Phi) is 2.90. The van der Waals surface area contributed by atoms with E-state index in [1.807, 2.05) is 0 Å². The molecule has 0 spiro atoms. The molecule has 0 radical (unpaired) electrons. The Bertz CT molecular complexity index is 313. The van der Waals surface area contributed by atoms with Crippen molar-refractivity contribution < 1.29 is 23.4 Å². The fourth-order valence-electron chi connectivity index (χ4n) is 0.917. The summed E-state index contributed by atoms with van der Waals surface area (Å²) in [6.45, 7) is 0. The fourth-order valence-corrected chi connectivity index (χ4v) is 0.917. The van der Waals surface area contributed by atoms with Gasteiger partial charge in [-0.25, -0.2) is 13.2 Å². The lowest BCUT2D eigenvalue weighted by molar-refractivity contribution is -0.0387. The van der Waals surface area contributed by atoms with Crippen LogP contribution in [0.2, 0.25) is 0 Å². The molecule has 0 atom stereocenters. The summed E-state index contributed by atoms with van der Waals surface area (Å²) in [6, 6.07) is 0.969. The van der Waals surface area contributed by atoms with Crippen LogP contribution < -0.4 is 0 Å². The lowest BCUT2D eigenvalue weighted by atomic mass is 10.1. The largest absolute Gasteiger partial charge is 0.368 e. The number of aliphatic hydroxyl groups is 2. The number of benzene rings is 1. The molecule has 0 aliphatic heterocycles. The highest BCUT2D eigenvalue weighted by Crippen LogP contribution is 2.14. The van der Waals surface area contributed by atoms with Gasteiger partial charge in [0, 0.05) is 12.5 Å². The van der Waals surface area contributed by atoms with Crippen LogP contribution in [0.25, 0.3) is 0 Å². The van der Waals surface area contributed by atoms with Crippen LogP contribution in [0.15, 0.2) is 12.1 Å². The SMILES string of the molecule is OC(O)Cc1cc(F)c(F)cc1F. The summed E-state index contributed by atoms with van der Waals surface area (Å²) in [6.07, 6.45) is -2.25. The molecule has 0 aliphatic rings. The number of hydrogen-bond acceptors (Lipinski definition) is 2. The molecule has 0 amide bonds. The standard InChI is InChI=1S/C8H7F3O2/c9-5-3-7(11)6(10)1-4(5)2-8(12)13/h1,3,8,12-13H,2H2. The average molecular weight is 192 g/mol. The maximum Gasteiger partial charge on any atom is 0.161 e. The molecule has 1 rings (SSSR count). The highest BCUT2D eigenvalue weighted by Gasteiger charge is 2.11. The van der Waals surface area contributed by atoms with Gasteiger partial charge >= 0.3 is 0 Å². The Balaban J connectivity index is 3.01. The Morgan fingerprint density at radius 3 is 2.08 bits per heavy atom. The van der Waals surface area contributed by atoms with E-state index in [0.29, 0.717) is 12.1 Å². The summed E-state index contributed by atoms with van der Waals surface area (Å²) in [5.74, 6) is -3.50. The van der Waals surface area contributed by atoms with Gasteiger partial charge in [0.05, 0.1) is 0 Å². The third kappa shape index (κ3) is 2.43.